The van der Waals surface area contributed by atoms with E-state index in [2.05, 4.69) is 19.2 Å². The number of fused-ring (bicyclic) bond motifs is 1. The Labute approximate surface area is 143 Å². The largest absolute Gasteiger partial charge is 0.494 e. The van der Waals surface area contributed by atoms with E-state index in [0.717, 1.165) is 29.0 Å². The molecule has 1 amide bonds. The second-order valence-electron chi connectivity index (χ2n) is 6.06. The van der Waals surface area contributed by atoms with E-state index in [9.17, 15) is 4.79 Å². The van der Waals surface area contributed by atoms with Crippen LogP contribution in [0.15, 0.2) is 48.5 Å². The van der Waals surface area contributed by atoms with Gasteiger partial charge in [-0.2, -0.15) is 0 Å². The predicted octanol–water partition coefficient (Wildman–Crippen LogP) is 4.45. The Morgan fingerprint density at radius 3 is 2.50 bits per heavy atom. The highest BCUT2D eigenvalue weighted by molar-refractivity contribution is 6.01. The Kier molecular flexibility index (Phi) is 4.74. The molecule has 1 aliphatic heterocycles. The lowest BCUT2D eigenvalue weighted by Gasteiger charge is -2.41. The van der Waals surface area contributed by atoms with Crippen molar-refractivity contribution in [2.75, 3.05) is 11.9 Å². The van der Waals surface area contributed by atoms with E-state index in [1.807, 2.05) is 60.4 Å². The van der Waals surface area contributed by atoms with E-state index in [-0.39, 0.29) is 18.1 Å². The van der Waals surface area contributed by atoms with Crippen LogP contribution in [0.25, 0.3) is 0 Å². The van der Waals surface area contributed by atoms with Crippen LogP contribution >= 0.6 is 0 Å². The zero-order valence-electron chi connectivity index (χ0n) is 14.5. The van der Waals surface area contributed by atoms with Crippen LogP contribution in [0.2, 0.25) is 0 Å². The molecule has 1 aliphatic rings. The molecule has 0 radical (unpaired) electrons. The van der Waals surface area contributed by atoms with Gasteiger partial charge in [0.15, 0.2) is 0 Å². The Balaban J connectivity index is 1.99. The van der Waals surface area contributed by atoms with Crippen LogP contribution in [-0.2, 0) is 0 Å². The Bertz CT molecular complexity index is 712. The third-order valence-electron chi connectivity index (χ3n) is 4.53. The van der Waals surface area contributed by atoms with Crippen LogP contribution in [0.5, 0.6) is 5.75 Å². The second kappa shape index (κ2) is 6.95. The molecule has 2 atom stereocenters. The summed E-state index contributed by atoms with van der Waals surface area (Å²) in [5.74, 6) is 0.927. The number of nitrogens with one attached hydrogen (secondary N) is 1. The molecular weight excluding hydrogens is 300 g/mol. The molecule has 2 aromatic carbocycles. The number of benzene rings is 2. The number of amides is 1. The number of carbonyl (C=O) groups excluding carboxylic acids is 1. The minimum atomic E-state index is -0.168. The fourth-order valence-corrected chi connectivity index (χ4v) is 3.08. The maximum absolute atomic E-state index is 13.0. The van der Waals surface area contributed by atoms with Gasteiger partial charge in [-0.05, 0) is 50.1 Å². The SMILES string of the molecule is CCOc1ccc([C@H]2Nc3ccccc3C(=O)N2[C@@H](C)CC)cc1. The maximum atomic E-state index is 13.0. The van der Waals surface area contributed by atoms with Crippen molar-refractivity contribution in [3.63, 3.8) is 0 Å². The highest BCUT2D eigenvalue weighted by atomic mass is 16.5. The van der Waals surface area contributed by atoms with Gasteiger partial charge in [-0.3, -0.25) is 4.79 Å². The Hall–Kier alpha value is -2.49. The van der Waals surface area contributed by atoms with Crippen LogP contribution in [0.4, 0.5) is 5.69 Å². The van der Waals surface area contributed by atoms with Crippen molar-refractivity contribution < 1.29 is 9.53 Å². The minimum Gasteiger partial charge on any atom is -0.494 e. The summed E-state index contributed by atoms with van der Waals surface area (Å²) in [6, 6.07) is 15.8. The summed E-state index contributed by atoms with van der Waals surface area (Å²) in [4.78, 5) is 15.0. The second-order valence-corrected chi connectivity index (χ2v) is 6.06. The zero-order valence-corrected chi connectivity index (χ0v) is 14.5. The topological polar surface area (TPSA) is 41.6 Å². The number of hydrogen-bond acceptors (Lipinski definition) is 3. The molecule has 0 fully saturated rings. The molecule has 1 N–H and O–H groups in total. The normalized spacial score (nSPS) is 17.9. The molecule has 0 bridgehead atoms. The molecule has 3 rings (SSSR count). The van der Waals surface area contributed by atoms with Gasteiger partial charge in [0.05, 0.1) is 12.2 Å². The van der Waals surface area contributed by atoms with Crippen molar-refractivity contribution in [3.8, 4) is 5.75 Å². The quantitative estimate of drug-likeness (QED) is 0.883. The molecule has 126 valence electrons. The summed E-state index contributed by atoms with van der Waals surface area (Å²) < 4.78 is 5.52. The summed E-state index contributed by atoms with van der Waals surface area (Å²) in [7, 11) is 0. The Morgan fingerprint density at radius 1 is 1.12 bits per heavy atom. The van der Waals surface area contributed by atoms with E-state index in [0.29, 0.717) is 6.61 Å². The van der Waals surface area contributed by atoms with Crippen LogP contribution in [0.1, 0.15) is 49.3 Å². The number of carbonyl (C=O) groups is 1. The molecule has 0 aliphatic carbocycles. The molecular formula is C20H24N2O2. The third kappa shape index (κ3) is 2.96. The van der Waals surface area contributed by atoms with E-state index in [1.54, 1.807) is 0 Å². The fraction of sp³-hybridized carbons (Fsp3) is 0.350. The lowest BCUT2D eigenvalue weighted by Crippen LogP contribution is -2.47. The van der Waals surface area contributed by atoms with Gasteiger partial charge in [-0.15, -0.1) is 0 Å². The van der Waals surface area contributed by atoms with Gasteiger partial charge in [0.2, 0.25) is 0 Å². The first-order valence-electron chi connectivity index (χ1n) is 8.56. The standard InChI is InChI=1S/C20H24N2O2/c1-4-14(3)22-19(15-10-12-16(13-11-15)24-5-2)21-18-9-7-6-8-17(18)20(22)23/h6-14,19,21H,4-5H2,1-3H3/t14-,19-/m0/s1. The van der Waals surface area contributed by atoms with Crippen LogP contribution in [0, 0.1) is 0 Å². The lowest BCUT2D eigenvalue weighted by molar-refractivity contribution is 0.0593. The van der Waals surface area contributed by atoms with Crippen molar-refractivity contribution in [3.05, 3.63) is 59.7 Å². The van der Waals surface area contributed by atoms with Crippen LogP contribution < -0.4 is 10.1 Å². The molecule has 1 heterocycles. The van der Waals surface area contributed by atoms with Crippen molar-refractivity contribution in [2.45, 2.75) is 39.4 Å². The average Bonchev–Trinajstić information content (AvgIpc) is 2.62. The van der Waals surface area contributed by atoms with E-state index >= 15 is 0 Å². The molecule has 2 aromatic rings. The minimum absolute atomic E-state index is 0.0811. The van der Waals surface area contributed by atoms with Gasteiger partial charge < -0.3 is 15.0 Å². The van der Waals surface area contributed by atoms with Gasteiger partial charge in [0, 0.05) is 11.7 Å². The first-order chi connectivity index (χ1) is 11.7. The molecule has 0 saturated heterocycles. The lowest BCUT2D eigenvalue weighted by atomic mass is 10.0. The monoisotopic (exact) mass is 324 g/mol. The number of rotatable bonds is 5. The molecule has 0 unspecified atom stereocenters. The number of para-hydroxylation sites is 1. The van der Waals surface area contributed by atoms with Crippen molar-refractivity contribution in [1.29, 1.82) is 0 Å². The number of hydrogen-bond donors (Lipinski definition) is 1. The zero-order chi connectivity index (χ0) is 17.1. The molecule has 24 heavy (non-hydrogen) atoms. The van der Waals surface area contributed by atoms with E-state index < -0.39 is 0 Å². The Morgan fingerprint density at radius 2 is 1.83 bits per heavy atom. The molecule has 4 nitrogen and oxygen atoms in total. The van der Waals surface area contributed by atoms with Gasteiger partial charge >= 0.3 is 0 Å². The van der Waals surface area contributed by atoms with Gasteiger partial charge in [0.1, 0.15) is 11.9 Å². The number of anilines is 1. The first-order valence-corrected chi connectivity index (χ1v) is 8.56. The summed E-state index contributed by atoms with van der Waals surface area (Å²) >= 11 is 0. The molecule has 4 heteroatoms. The van der Waals surface area contributed by atoms with Crippen molar-refractivity contribution in [1.82, 2.24) is 4.90 Å². The summed E-state index contributed by atoms with van der Waals surface area (Å²) in [5, 5.41) is 3.52. The molecule has 0 saturated carbocycles. The van der Waals surface area contributed by atoms with Crippen LogP contribution in [0.3, 0.4) is 0 Å². The fourth-order valence-electron chi connectivity index (χ4n) is 3.08. The van der Waals surface area contributed by atoms with Gasteiger partial charge in [-0.25, -0.2) is 0 Å². The average molecular weight is 324 g/mol. The predicted molar refractivity (Wildman–Crippen MR) is 96.3 cm³/mol. The maximum Gasteiger partial charge on any atom is 0.258 e. The van der Waals surface area contributed by atoms with Crippen molar-refractivity contribution in [2.24, 2.45) is 0 Å². The summed E-state index contributed by atoms with van der Waals surface area (Å²) in [6.45, 7) is 6.81. The molecule has 0 aromatic heterocycles. The highest BCUT2D eigenvalue weighted by Gasteiger charge is 2.35. The first kappa shape index (κ1) is 16.4. The van der Waals surface area contributed by atoms with Gasteiger partial charge in [0.25, 0.3) is 5.91 Å². The summed E-state index contributed by atoms with van der Waals surface area (Å²) in [5.41, 5.74) is 2.68. The highest BCUT2D eigenvalue weighted by Crippen LogP contribution is 2.35. The van der Waals surface area contributed by atoms with E-state index in [4.69, 9.17) is 4.74 Å². The third-order valence-corrected chi connectivity index (χ3v) is 4.53. The summed E-state index contributed by atoms with van der Waals surface area (Å²) in [6.07, 6.45) is 0.737. The van der Waals surface area contributed by atoms with Crippen molar-refractivity contribution >= 4 is 11.6 Å². The number of ether oxygens (including phenoxy) is 1. The van der Waals surface area contributed by atoms with Gasteiger partial charge in [-0.1, -0.05) is 31.2 Å². The number of nitrogens with zero attached hydrogens (tertiary/aromatic N) is 1. The van der Waals surface area contributed by atoms with Crippen LogP contribution in [-0.4, -0.2) is 23.5 Å². The molecule has 0 spiro atoms. The van der Waals surface area contributed by atoms with E-state index in [1.165, 1.54) is 0 Å². The smallest absolute Gasteiger partial charge is 0.258 e.